The van der Waals surface area contributed by atoms with Crippen LogP contribution in [0.1, 0.15) is 36.2 Å². The second kappa shape index (κ2) is 7.02. The molecule has 1 aromatic carbocycles. The van der Waals surface area contributed by atoms with E-state index in [4.69, 9.17) is 0 Å². The Morgan fingerprint density at radius 1 is 1.17 bits per heavy atom. The van der Waals surface area contributed by atoms with Crippen LogP contribution in [-0.2, 0) is 0 Å². The molecular formula is C18H27N3O2. The predicted octanol–water partition coefficient (Wildman–Crippen LogP) is 3.21. The summed E-state index contributed by atoms with van der Waals surface area (Å²) in [5.41, 5.74) is 2.23. The summed E-state index contributed by atoms with van der Waals surface area (Å²) < 4.78 is 0. The monoisotopic (exact) mass is 317 g/mol. The van der Waals surface area contributed by atoms with Gasteiger partial charge in [0.2, 0.25) is 0 Å². The first-order valence-electron chi connectivity index (χ1n) is 8.16. The number of nitrogens with zero attached hydrogens (tertiary/aromatic N) is 2. The number of likely N-dealkylation sites (tertiary alicyclic amines) is 1. The third kappa shape index (κ3) is 4.24. The lowest BCUT2D eigenvalue weighted by atomic mass is 9.92. The maximum atomic E-state index is 12.5. The maximum Gasteiger partial charge on any atom is 0.321 e. The number of aryl methyl sites for hydroxylation is 1. The topological polar surface area (TPSA) is 52.7 Å². The quantitative estimate of drug-likeness (QED) is 0.910. The molecule has 1 aromatic rings. The van der Waals surface area contributed by atoms with Gasteiger partial charge in [0, 0.05) is 38.4 Å². The summed E-state index contributed by atoms with van der Waals surface area (Å²) in [6.07, 6.45) is 1.16. The first-order valence-corrected chi connectivity index (χ1v) is 8.16. The fraction of sp³-hybridized carbons (Fsp3) is 0.556. The number of urea groups is 1. The Hall–Kier alpha value is -2.04. The molecule has 0 spiro atoms. The Balaban J connectivity index is 2.14. The first-order chi connectivity index (χ1) is 10.8. The van der Waals surface area contributed by atoms with Crippen LogP contribution in [0.15, 0.2) is 18.2 Å². The van der Waals surface area contributed by atoms with Crippen molar-refractivity contribution in [3.05, 3.63) is 29.3 Å². The average molecular weight is 317 g/mol. The molecule has 2 rings (SSSR count). The van der Waals surface area contributed by atoms with E-state index < -0.39 is 0 Å². The van der Waals surface area contributed by atoms with E-state index in [2.05, 4.69) is 19.2 Å². The molecule has 23 heavy (non-hydrogen) atoms. The zero-order valence-corrected chi connectivity index (χ0v) is 14.7. The molecule has 1 saturated heterocycles. The van der Waals surface area contributed by atoms with Gasteiger partial charge in [0.05, 0.1) is 0 Å². The number of rotatable bonds is 2. The minimum atomic E-state index is -0.0825. The van der Waals surface area contributed by atoms with Gasteiger partial charge in [-0.1, -0.05) is 19.9 Å². The van der Waals surface area contributed by atoms with Crippen molar-refractivity contribution in [1.29, 1.82) is 0 Å². The third-order valence-electron chi connectivity index (χ3n) is 4.29. The molecule has 0 saturated carbocycles. The van der Waals surface area contributed by atoms with Crippen LogP contribution < -0.4 is 5.32 Å². The van der Waals surface area contributed by atoms with Crippen molar-refractivity contribution in [2.75, 3.05) is 32.5 Å². The summed E-state index contributed by atoms with van der Waals surface area (Å²) in [6, 6.07) is 5.33. The minimum absolute atomic E-state index is 0.0688. The minimum Gasteiger partial charge on any atom is -0.345 e. The van der Waals surface area contributed by atoms with Gasteiger partial charge in [0.15, 0.2) is 0 Å². The molecule has 0 bridgehead atoms. The Labute approximate surface area is 138 Å². The largest absolute Gasteiger partial charge is 0.345 e. The lowest BCUT2D eigenvalue weighted by Crippen LogP contribution is -2.44. The van der Waals surface area contributed by atoms with Crippen molar-refractivity contribution in [3.63, 3.8) is 0 Å². The first kappa shape index (κ1) is 17.3. The number of carbonyl (C=O) groups excluding carboxylic acids is 2. The Morgan fingerprint density at radius 3 is 2.35 bits per heavy atom. The van der Waals surface area contributed by atoms with Crippen molar-refractivity contribution in [3.8, 4) is 0 Å². The molecule has 1 N–H and O–H groups in total. The van der Waals surface area contributed by atoms with Crippen LogP contribution in [-0.4, -0.2) is 48.9 Å². The van der Waals surface area contributed by atoms with E-state index in [9.17, 15) is 9.59 Å². The molecule has 1 heterocycles. The van der Waals surface area contributed by atoms with E-state index >= 15 is 0 Å². The Kier molecular flexibility index (Phi) is 5.29. The third-order valence-corrected chi connectivity index (χ3v) is 4.29. The van der Waals surface area contributed by atoms with Gasteiger partial charge in [0.25, 0.3) is 5.91 Å². The molecule has 0 aromatic heterocycles. The van der Waals surface area contributed by atoms with Gasteiger partial charge in [0.1, 0.15) is 0 Å². The molecule has 0 unspecified atom stereocenters. The molecule has 126 valence electrons. The molecule has 0 radical (unpaired) electrons. The van der Waals surface area contributed by atoms with Gasteiger partial charge in [-0.2, -0.15) is 0 Å². The van der Waals surface area contributed by atoms with Crippen LogP contribution in [0.25, 0.3) is 0 Å². The number of benzene rings is 1. The highest BCUT2D eigenvalue weighted by Crippen LogP contribution is 2.23. The van der Waals surface area contributed by atoms with E-state index in [1.54, 1.807) is 26.2 Å². The molecule has 0 aliphatic carbocycles. The van der Waals surface area contributed by atoms with Crippen molar-refractivity contribution in [2.24, 2.45) is 11.8 Å². The second-order valence-corrected chi connectivity index (χ2v) is 7.01. The van der Waals surface area contributed by atoms with Crippen LogP contribution in [0.3, 0.4) is 0 Å². The van der Waals surface area contributed by atoms with Gasteiger partial charge in [-0.25, -0.2) is 4.79 Å². The highest BCUT2D eigenvalue weighted by Gasteiger charge is 2.25. The Bertz CT molecular complexity index is 588. The van der Waals surface area contributed by atoms with Crippen LogP contribution in [0.2, 0.25) is 0 Å². The molecule has 1 aliphatic heterocycles. The number of hydrogen-bond acceptors (Lipinski definition) is 2. The van der Waals surface area contributed by atoms with E-state index in [0.717, 1.165) is 25.1 Å². The lowest BCUT2D eigenvalue weighted by Gasteiger charge is -2.35. The van der Waals surface area contributed by atoms with Gasteiger partial charge >= 0.3 is 6.03 Å². The normalized spacial score (nSPS) is 21.0. The van der Waals surface area contributed by atoms with E-state index in [1.165, 1.54) is 4.90 Å². The van der Waals surface area contributed by atoms with E-state index in [0.29, 0.717) is 23.1 Å². The number of piperidine rings is 1. The average Bonchev–Trinajstić information content (AvgIpc) is 2.47. The Morgan fingerprint density at radius 2 is 1.78 bits per heavy atom. The second-order valence-electron chi connectivity index (χ2n) is 7.01. The molecular weight excluding hydrogens is 290 g/mol. The number of carbonyl (C=O) groups is 2. The smallest absolute Gasteiger partial charge is 0.321 e. The van der Waals surface area contributed by atoms with Crippen LogP contribution >= 0.6 is 0 Å². The van der Waals surface area contributed by atoms with Gasteiger partial charge in [-0.3, -0.25) is 4.79 Å². The van der Waals surface area contributed by atoms with Crippen molar-refractivity contribution >= 4 is 17.6 Å². The summed E-state index contributed by atoms with van der Waals surface area (Å²) >= 11 is 0. The lowest BCUT2D eigenvalue weighted by molar-refractivity contribution is 0.0827. The predicted molar refractivity (Wildman–Crippen MR) is 92.7 cm³/mol. The van der Waals surface area contributed by atoms with Crippen LogP contribution in [0, 0.1) is 18.8 Å². The number of nitrogens with one attached hydrogen (secondary N) is 1. The summed E-state index contributed by atoms with van der Waals surface area (Å²) in [5, 5.41) is 2.97. The maximum absolute atomic E-state index is 12.5. The number of anilines is 1. The van der Waals surface area contributed by atoms with E-state index in [-0.39, 0.29) is 11.9 Å². The van der Waals surface area contributed by atoms with Gasteiger partial charge < -0.3 is 15.1 Å². The highest BCUT2D eigenvalue weighted by atomic mass is 16.2. The molecule has 5 nitrogen and oxygen atoms in total. The zero-order chi connectivity index (χ0) is 17.1. The van der Waals surface area contributed by atoms with Crippen molar-refractivity contribution in [1.82, 2.24) is 9.80 Å². The molecule has 1 aliphatic rings. The van der Waals surface area contributed by atoms with Crippen LogP contribution in [0.4, 0.5) is 10.5 Å². The van der Waals surface area contributed by atoms with Crippen molar-refractivity contribution in [2.45, 2.75) is 27.2 Å². The number of amides is 3. The molecule has 5 heteroatoms. The van der Waals surface area contributed by atoms with Crippen LogP contribution in [0.5, 0.6) is 0 Å². The molecule has 3 amide bonds. The van der Waals surface area contributed by atoms with Crippen molar-refractivity contribution < 1.29 is 9.59 Å². The number of hydrogen-bond donors (Lipinski definition) is 1. The molecule has 2 atom stereocenters. The SMILES string of the molecule is Cc1ccc(C(=O)N(C)C)cc1NC(=O)N1C[C@H](C)C[C@H](C)C1. The standard InChI is InChI=1S/C18H27N3O2/c1-12-8-13(2)11-21(10-12)18(23)19-16-9-15(7-6-14(16)3)17(22)20(4)5/h6-7,9,12-13H,8,10-11H2,1-5H3,(H,19,23)/t12-,13+. The summed E-state index contributed by atoms with van der Waals surface area (Å²) in [5.74, 6) is 0.972. The zero-order valence-electron chi connectivity index (χ0n) is 14.7. The fourth-order valence-electron chi connectivity index (χ4n) is 3.17. The summed E-state index contributed by atoms with van der Waals surface area (Å²) in [6.45, 7) is 7.85. The highest BCUT2D eigenvalue weighted by molar-refractivity contribution is 5.97. The fourth-order valence-corrected chi connectivity index (χ4v) is 3.17. The van der Waals surface area contributed by atoms with Gasteiger partial charge in [-0.05, 0) is 42.9 Å². The molecule has 1 fully saturated rings. The summed E-state index contributed by atoms with van der Waals surface area (Å²) in [7, 11) is 3.44. The summed E-state index contributed by atoms with van der Waals surface area (Å²) in [4.78, 5) is 28.0. The van der Waals surface area contributed by atoms with Gasteiger partial charge in [-0.15, -0.1) is 0 Å². The van der Waals surface area contributed by atoms with E-state index in [1.807, 2.05) is 17.9 Å².